The van der Waals surface area contributed by atoms with Crippen molar-refractivity contribution in [2.45, 2.75) is 31.1 Å². The first kappa shape index (κ1) is 17.7. The molecule has 0 saturated heterocycles. The highest BCUT2D eigenvalue weighted by atomic mass is 32.2. The van der Waals surface area contributed by atoms with Crippen LogP contribution in [0.1, 0.15) is 24.8 Å². The van der Waals surface area contributed by atoms with Crippen LogP contribution in [0.5, 0.6) is 5.75 Å². The summed E-state index contributed by atoms with van der Waals surface area (Å²) in [5.41, 5.74) is 7.01. The summed E-state index contributed by atoms with van der Waals surface area (Å²) in [7, 11) is -0.675. The number of nitrogens with zero attached hydrogens (tertiary/aromatic N) is 1. The first-order valence-electron chi connectivity index (χ1n) is 6.86. The summed E-state index contributed by atoms with van der Waals surface area (Å²) in [4.78, 5) is 0.0813. The van der Waals surface area contributed by atoms with Gasteiger partial charge in [-0.1, -0.05) is 0 Å². The lowest BCUT2D eigenvalue weighted by Crippen LogP contribution is -2.28. The number of nitrogens with two attached hydrogens (primary N) is 1. The second-order valence-corrected chi connectivity index (χ2v) is 6.98. The van der Waals surface area contributed by atoms with Crippen molar-refractivity contribution in [1.29, 1.82) is 0 Å². The third-order valence-corrected chi connectivity index (χ3v) is 5.25. The fourth-order valence-corrected chi connectivity index (χ4v) is 3.33. The van der Waals surface area contributed by atoms with Crippen molar-refractivity contribution in [1.82, 2.24) is 4.31 Å². The van der Waals surface area contributed by atoms with Crippen LogP contribution in [-0.2, 0) is 10.0 Å². The predicted molar refractivity (Wildman–Crippen MR) is 82.9 cm³/mol. The molecule has 0 amide bonds. The number of hydrogen-bond donors (Lipinski definition) is 2. The molecule has 120 valence electrons. The van der Waals surface area contributed by atoms with E-state index in [1.165, 1.54) is 24.5 Å². The number of aliphatic hydroxyl groups excluding tert-OH is 1. The molecule has 0 atom stereocenters. The summed E-state index contributed by atoms with van der Waals surface area (Å²) in [6, 6.07) is 3.07. The minimum atomic E-state index is -3.64. The van der Waals surface area contributed by atoms with Crippen molar-refractivity contribution in [2.24, 2.45) is 0 Å². The zero-order chi connectivity index (χ0) is 16.0. The van der Waals surface area contributed by atoms with E-state index < -0.39 is 10.0 Å². The molecule has 0 bridgehead atoms. The lowest BCUT2D eigenvalue weighted by molar-refractivity contribution is 0.281. The van der Waals surface area contributed by atoms with Crippen molar-refractivity contribution in [3.05, 3.63) is 17.7 Å². The Bertz CT molecular complexity index is 573. The number of unbranched alkanes of at least 4 members (excludes halogenated alkanes) is 2. The summed E-state index contributed by atoms with van der Waals surface area (Å²) < 4.78 is 31.6. The number of aliphatic hydroxyl groups is 1. The number of aryl methyl sites for hydroxylation is 1. The number of rotatable bonds is 8. The van der Waals surface area contributed by atoms with E-state index >= 15 is 0 Å². The van der Waals surface area contributed by atoms with Gasteiger partial charge in [-0.3, -0.25) is 0 Å². The molecule has 6 nitrogen and oxygen atoms in total. The van der Waals surface area contributed by atoms with Crippen LogP contribution in [-0.4, -0.2) is 45.1 Å². The Morgan fingerprint density at radius 3 is 2.52 bits per heavy atom. The summed E-state index contributed by atoms with van der Waals surface area (Å²) in [5.74, 6) is 0.295. The van der Waals surface area contributed by atoms with Crippen LogP contribution >= 0.6 is 0 Å². The highest BCUT2D eigenvalue weighted by molar-refractivity contribution is 7.89. The van der Waals surface area contributed by atoms with Gasteiger partial charge in [0, 0.05) is 25.9 Å². The fraction of sp³-hybridized carbons (Fsp3) is 0.571. The number of sulfonamides is 1. The molecule has 0 aliphatic carbocycles. The van der Waals surface area contributed by atoms with Crippen molar-refractivity contribution in [3.63, 3.8) is 0 Å². The standard InChI is InChI=1S/C14H24N2O4S/c1-11-9-13(20-3)14(10-12(11)15)21(18,19)16(2)7-5-4-6-8-17/h9-10,17H,4-8,15H2,1-3H3. The molecule has 0 aliphatic heterocycles. The van der Waals surface area contributed by atoms with Gasteiger partial charge in [-0.15, -0.1) is 0 Å². The van der Waals surface area contributed by atoms with Crippen LogP contribution in [0.4, 0.5) is 5.69 Å². The summed E-state index contributed by atoms with van der Waals surface area (Å²) in [5, 5.41) is 8.73. The Balaban J connectivity index is 2.99. The van der Waals surface area contributed by atoms with Crippen LogP contribution in [0.3, 0.4) is 0 Å². The Morgan fingerprint density at radius 1 is 1.29 bits per heavy atom. The minimum Gasteiger partial charge on any atom is -0.495 e. The highest BCUT2D eigenvalue weighted by Crippen LogP contribution is 2.30. The van der Waals surface area contributed by atoms with Crippen molar-refractivity contribution in [3.8, 4) is 5.75 Å². The lowest BCUT2D eigenvalue weighted by atomic mass is 10.2. The molecule has 3 N–H and O–H groups in total. The van der Waals surface area contributed by atoms with Crippen LogP contribution in [0, 0.1) is 6.92 Å². The van der Waals surface area contributed by atoms with Crippen LogP contribution in [0.25, 0.3) is 0 Å². The number of benzene rings is 1. The van der Waals surface area contributed by atoms with E-state index in [0.29, 0.717) is 30.8 Å². The maximum absolute atomic E-state index is 12.6. The van der Waals surface area contributed by atoms with E-state index in [1.54, 1.807) is 13.0 Å². The molecule has 0 saturated carbocycles. The molecule has 21 heavy (non-hydrogen) atoms. The Hall–Kier alpha value is -1.31. The van der Waals surface area contributed by atoms with Gasteiger partial charge in [0.2, 0.25) is 10.0 Å². The van der Waals surface area contributed by atoms with E-state index in [0.717, 1.165) is 12.0 Å². The van der Waals surface area contributed by atoms with Crippen LogP contribution < -0.4 is 10.5 Å². The van der Waals surface area contributed by atoms with E-state index in [2.05, 4.69) is 0 Å². The Labute approximate surface area is 126 Å². The quantitative estimate of drug-likeness (QED) is 0.558. The van der Waals surface area contributed by atoms with E-state index in [-0.39, 0.29) is 11.5 Å². The van der Waals surface area contributed by atoms with E-state index in [9.17, 15) is 8.42 Å². The van der Waals surface area contributed by atoms with Gasteiger partial charge in [-0.25, -0.2) is 12.7 Å². The van der Waals surface area contributed by atoms with Gasteiger partial charge >= 0.3 is 0 Å². The third kappa shape index (κ3) is 4.33. The topological polar surface area (TPSA) is 92.9 Å². The zero-order valence-electron chi connectivity index (χ0n) is 12.8. The summed E-state index contributed by atoms with van der Waals surface area (Å²) in [6.07, 6.45) is 2.15. The lowest BCUT2D eigenvalue weighted by Gasteiger charge is -2.19. The van der Waals surface area contributed by atoms with Crippen LogP contribution in [0.2, 0.25) is 0 Å². The summed E-state index contributed by atoms with van der Waals surface area (Å²) >= 11 is 0. The molecular formula is C14H24N2O4S. The third-order valence-electron chi connectivity index (χ3n) is 3.37. The van der Waals surface area contributed by atoms with Crippen molar-refractivity contribution >= 4 is 15.7 Å². The smallest absolute Gasteiger partial charge is 0.246 e. The van der Waals surface area contributed by atoms with Gasteiger partial charge in [0.1, 0.15) is 10.6 Å². The van der Waals surface area contributed by atoms with E-state index in [4.69, 9.17) is 15.6 Å². The molecule has 1 aromatic rings. The molecule has 0 fully saturated rings. The van der Waals surface area contributed by atoms with Gasteiger partial charge in [0.15, 0.2) is 0 Å². The highest BCUT2D eigenvalue weighted by Gasteiger charge is 2.25. The second-order valence-electron chi connectivity index (χ2n) is 4.97. The number of anilines is 1. The first-order valence-corrected chi connectivity index (χ1v) is 8.30. The number of hydrogen-bond acceptors (Lipinski definition) is 5. The molecule has 0 aromatic heterocycles. The molecular weight excluding hydrogens is 292 g/mol. The molecule has 1 rings (SSSR count). The van der Waals surface area contributed by atoms with E-state index in [1.807, 2.05) is 0 Å². The average Bonchev–Trinajstić information content (AvgIpc) is 2.45. The normalized spacial score (nSPS) is 11.9. The maximum Gasteiger partial charge on any atom is 0.246 e. The number of nitrogen functional groups attached to an aromatic ring is 1. The zero-order valence-corrected chi connectivity index (χ0v) is 13.6. The van der Waals surface area contributed by atoms with Gasteiger partial charge in [0.05, 0.1) is 7.11 Å². The Morgan fingerprint density at radius 2 is 1.95 bits per heavy atom. The number of methoxy groups -OCH3 is 1. The molecule has 0 spiro atoms. The maximum atomic E-state index is 12.6. The van der Waals surface area contributed by atoms with Gasteiger partial charge in [-0.05, 0) is 43.9 Å². The van der Waals surface area contributed by atoms with Crippen LogP contribution in [0.15, 0.2) is 17.0 Å². The molecule has 0 aliphatic rings. The van der Waals surface area contributed by atoms with Crippen molar-refractivity contribution in [2.75, 3.05) is 33.0 Å². The molecule has 0 unspecified atom stereocenters. The summed E-state index contributed by atoms with van der Waals surface area (Å²) in [6.45, 7) is 2.31. The van der Waals surface area contributed by atoms with Gasteiger partial charge in [-0.2, -0.15) is 0 Å². The predicted octanol–water partition coefficient (Wildman–Crippen LogP) is 1.37. The van der Waals surface area contributed by atoms with Gasteiger partial charge < -0.3 is 15.6 Å². The monoisotopic (exact) mass is 316 g/mol. The molecule has 7 heteroatoms. The second kappa shape index (κ2) is 7.63. The minimum absolute atomic E-state index is 0.0813. The molecule has 0 heterocycles. The SMILES string of the molecule is COc1cc(C)c(N)cc1S(=O)(=O)N(C)CCCCCO. The fourth-order valence-electron chi connectivity index (χ4n) is 1.95. The van der Waals surface area contributed by atoms with Gasteiger partial charge in [0.25, 0.3) is 0 Å². The average molecular weight is 316 g/mol. The largest absolute Gasteiger partial charge is 0.495 e. The van der Waals surface area contributed by atoms with Crippen molar-refractivity contribution < 1.29 is 18.3 Å². The number of ether oxygens (including phenoxy) is 1. The first-order chi connectivity index (χ1) is 9.84. The Kier molecular flexibility index (Phi) is 6.44. The molecule has 0 radical (unpaired) electrons. The molecule has 1 aromatic carbocycles.